The van der Waals surface area contributed by atoms with Gasteiger partial charge in [0.1, 0.15) is 0 Å². The molecule has 6 heteroatoms. The number of nitrogens with two attached hydrogens (primary N) is 1. The van der Waals surface area contributed by atoms with Gasteiger partial charge < -0.3 is 21.5 Å². The molecule has 0 aromatic heterocycles. The van der Waals surface area contributed by atoms with Gasteiger partial charge in [0.05, 0.1) is 13.2 Å². The van der Waals surface area contributed by atoms with Gasteiger partial charge in [-0.15, -0.1) is 0 Å². The quantitative estimate of drug-likeness (QED) is 0.498. The molecule has 1 aromatic rings. The Kier molecular flexibility index (Phi) is 4.96. The Labute approximate surface area is 98.8 Å². The van der Waals surface area contributed by atoms with E-state index < -0.39 is 0 Å². The molecule has 1 rings (SSSR count). The van der Waals surface area contributed by atoms with E-state index in [0.29, 0.717) is 11.3 Å². The lowest BCUT2D eigenvalue weighted by atomic mass is 10.2. The van der Waals surface area contributed by atoms with Crippen molar-refractivity contribution in [3.63, 3.8) is 0 Å². The molecule has 92 valence electrons. The van der Waals surface area contributed by atoms with Gasteiger partial charge >= 0.3 is 0 Å². The van der Waals surface area contributed by atoms with Crippen LogP contribution in [0.2, 0.25) is 0 Å². The van der Waals surface area contributed by atoms with Gasteiger partial charge in [0, 0.05) is 17.8 Å². The summed E-state index contributed by atoms with van der Waals surface area (Å²) in [7, 11) is 0. The first-order valence-electron chi connectivity index (χ1n) is 5.15. The zero-order valence-corrected chi connectivity index (χ0v) is 9.27. The van der Waals surface area contributed by atoms with Crippen LogP contribution in [0.25, 0.3) is 0 Å². The second kappa shape index (κ2) is 6.49. The van der Waals surface area contributed by atoms with Gasteiger partial charge in [0.15, 0.2) is 0 Å². The first kappa shape index (κ1) is 13.0. The highest BCUT2D eigenvalue weighted by atomic mass is 16.3. The van der Waals surface area contributed by atoms with E-state index in [2.05, 4.69) is 10.6 Å². The summed E-state index contributed by atoms with van der Waals surface area (Å²) in [6.07, 6.45) is 0. The van der Waals surface area contributed by atoms with Crippen LogP contribution in [0.3, 0.4) is 0 Å². The van der Waals surface area contributed by atoms with Crippen LogP contribution in [0.5, 0.6) is 0 Å². The minimum absolute atomic E-state index is 0.122. The van der Waals surface area contributed by atoms with Crippen molar-refractivity contribution in [3.8, 4) is 0 Å². The van der Waals surface area contributed by atoms with Gasteiger partial charge in [0.2, 0.25) is 5.91 Å². The van der Waals surface area contributed by atoms with E-state index in [9.17, 15) is 9.59 Å². The molecule has 0 unspecified atom stereocenters. The van der Waals surface area contributed by atoms with E-state index in [1.807, 2.05) is 0 Å². The molecule has 6 nitrogen and oxygen atoms in total. The molecule has 1 aromatic carbocycles. The molecular formula is C11H15N3O3. The third-order valence-electron chi connectivity index (χ3n) is 2.02. The fourth-order valence-electron chi connectivity index (χ4n) is 1.15. The van der Waals surface area contributed by atoms with Crippen molar-refractivity contribution in [1.82, 2.24) is 10.6 Å². The summed E-state index contributed by atoms with van der Waals surface area (Å²) in [4.78, 5) is 22.7. The van der Waals surface area contributed by atoms with Crippen molar-refractivity contribution >= 4 is 17.5 Å². The number of hydrogen-bond donors (Lipinski definition) is 4. The lowest BCUT2D eigenvalue weighted by Gasteiger charge is -2.06. The Morgan fingerprint density at radius 1 is 1.18 bits per heavy atom. The van der Waals surface area contributed by atoms with Gasteiger partial charge in [-0.05, 0) is 24.3 Å². The van der Waals surface area contributed by atoms with Gasteiger partial charge in [-0.2, -0.15) is 0 Å². The smallest absolute Gasteiger partial charge is 0.251 e. The number of nitrogens with one attached hydrogen (secondary N) is 2. The molecule has 17 heavy (non-hydrogen) atoms. The van der Waals surface area contributed by atoms with E-state index in [1.165, 1.54) is 0 Å². The van der Waals surface area contributed by atoms with Crippen LogP contribution in [-0.4, -0.2) is 36.6 Å². The number of carbonyl (C=O) groups is 2. The molecule has 0 saturated heterocycles. The number of carbonyl (C=O) groups excluding carboxylic acids is 2. The van der Waals surface area contributed by atoms with Gasteiger partial charge in [-0.3, -0.25) is 9.59 Å². The molecule has 0 saturated carbocycles. The molecule has 0 aliphatic heterocycles. The maximum absolute atomic E-state index is 11.6. The first-order chi connectivity index (χ1) is 8.13. The fraction of sp³-hybridized carbons (Fsp3) is 0.273. The van der Waals surface area contributed by atoms with E-state index in [0.717, 1.165) is 0 Å². The topological polar surface area (TPSA) is 104 Å². The van der Waals surface area contributed by atoms with E-state index in [-0.39, 0.29) is 31.5 Å². The molecule has 0 aliphatic rings. The van der Waals surface area contributed by atoms with Gasteiger partial charge in [0.25, 0.3) is 5.91 Å². The largest absolute Gasteiger partial charge is 0.399 e. The highest BCUT2D eigenvalue weighted by Crippen LogP contribution is 2.04. The highest BCUT2D eigenvalue weighted by molar-refractivity contribution is 5.96. The van der Waals surface area contributed by atoms with Crippen LogP contribution in [0.1, 0.15) is 10.4 Å². The second-order valence-corrected chi connectivity index (χ2v) is 3.38. The molecule has 0 aliphatic carbocycles. The number of nitrogen functional groups attached to an aromatic ring is 1. The monoisotopic (exact) mass is 237 g/mol. The number of aliphatic hydroxyl groups is 1. The molecule has 0 radical (unpaired) electrons. The summed E-state index contributed by atoms with van der Waals surface area (Å²) in [5.74, 6) is -0.688. The lowest BCUT2D eigenvalue weighted by Crippen LogP contribution is -2.37. The Bertz CT molecular complexity index is 389. The normalized spacial score (nSPS) is 9.71. The Balaban J connectivity index is 2.39. The Hall–Kier alpha value is -2.08. The summed E-state index contributed by atoms with van der Waals surface area (Å²) < 4.78 is 0. The molecule has 0 bridgehead atoms. The Morgan fingerprint density at radius 2 is 1.82 bits per heavy atom. The molecular weight excluding hydrogens is 222 g/mol. The van der Waals surface area contributed by atoms with Crippen molar-refractivity contribution in [2.24, 2.45) is 0 Å². The summed E-state index contributed by atoms with van der Waals surface area (Å²) in [6, 6.07) is 6.38. The lowest BCUT2D eigenvalue weighted by molar-refractivity contribution is -0.120. The van der Waals surface area contributed by atoms with Crippen LogP contribution in [0, 0.1) is 0 Å². The zero-order chi connectivity index (χ0) is 12.7. The Morgan fingerprint density at radius 3 is 2.41 bits per heavy atom. The van der Waals surface area contributed by atoms with E-state index in [1.54, 1.807) is 24.3 Å². The van der Waals surface area contributed by atoms with Gasteiger partial charge in [-0.1, -0.05) is 0 Å². The summed E-state index contributed by atoms with van der Waals surface area (Å²) in [5.41, 5.74) is 6.49. The third kappa shape index (κ3) is 4.52. The van der Waals surface area contributed by atoms with E-state index >= 15 is 0 Å². The van der Waals surface area contributed by atoms with Crippen molar-refractivity contribution in [2.45, 2.75) is 0 Å². The third-order valence-corrected chi connectivity index (χ3v) is 2.02. The van der Waals surface area contributed by atoms with Crippen LogP contribution in [0.15, 0.2) is 24.3 Å². The molecule has 0 fully saturated rings. The van der Waals surface area contributed by atoms with Crippen LogP contribution < -0.4 is 16.4 Å². The first-order valence-corrected chi connectivity index (χ1v) is 5.15. The van der Waals surface area contributed by atoms with Crippen molar-refractivity contribution < 1.29 is 14.7 Å². The average molecular weight is 237 g/mol. The minimum atomic E-state index is -0.345. The molecule has 0 heterocycles. The predicted molar refractivity (Wildman–Crippen MR) is 63.3 cm³/mol. The average Bonchev–Trinajstić information content (AvgIpc) is 2.34. The molecule has 0 atom stereocenters. The number of anilines is 1. The van der Waals surface area contributed by atoms with Crippen molar-refractivity contribution in [1.29, 1.82) is 0 Å². The summed E-state index contributed by atoms with van der Waals surface area (Å²) in [6.45, 7) is -0.0720. The predicted octanol–water partition coefficient (Wildman–Crippen LogP) is -0.893. The minimum Gasteiger partial charge on any atom is -0.399 e. The number of benzene rings is 1. The van der Waals surface area contributed by atoms with Crippen LogP contribution in [0.4, 0.5) is 5.69 Å². The fourth-order valence-corrected chi connectivity index (χ4v) is 1.15. The van der Waals surface area contributed by atoms with Crippen molar-refractivity contribution in [2.75, 3.05) is 25.4 Å². The van der Waals surface area contributed by atoms with E-state index in [4.69, 9.17) is 10.8 Å². The zero-order valence-electron chi connectivity index (χ0n) is 9.27. The van der Waals surface area contributed by atoms with Crippen molar-refractivity contribution in [3.05, 3.63) is 29.8 Å². The maximum atomic E-state index is 11.6. The van der Waals surface area contributed by atoms with Crippen LogP contribution >= 0.6 is 0 Å². The maximum Gasteiger partial charge on any atom is 0.251 e. The van der Waals surface area contributed by atoms with Gasteiger partial charge in [-0.25, -0.2) is 0 Å². The number of rotatable bonds is 5. The second-order valence-electron chi connectivity index (χ2n) is 3.38. The molecule has 2 amide bonds. The number of amides is 2. The number of aliphatic hydroxyl groups excluding tert-OH is 1. The SMILES string of the molecule is Nc1ccc(C(=O)NCC(=O)NCCO)cc1. The standard InChI is InChI=1S/C11H15N3O3/c12-9-3-1-8(2-4-9)11(17)14-7-10(16)13-5-6-15/h1-4,15H,5-7,12H2,(H,13,16)(H,14,17). The highest BCUT2D eigenvalue weighted by Gasteiger charge is 2.06. The summed E-state index contributed by atoms with van der Waals surface area (Å²) in [5, 5.41) is 13.4. The molecule has 5 N–H and O–H groups in total. The summed E-state index contributed by atoms with van der Waals surface area (Å²) >= 11 is 0. The number of hydrogen-bond acceptors (Lipinski definition) is 4. The van der Waals surface area contributed by atoms with Crippen LogP contribution in [-0.2, 0) is 4.79 Å². The molecule has 0 spiro atoms.